The van der Waals surface area contributed by atoms with Gasteiger partial charge in [0.25, 0.3) is 0 Å². The molecule has 0 saturated carbocycles. The summed E-state index contributed by atoms with van der Waals surface area (Å²) in [5, 5.41) is 0. The maximum atomic E-state index is 6.10. The van der Waals surface area contributed by atoms with Crippen LogP contribution in [0.25, 0.3) is 0 Å². The molecule has 1 heterocycles. The van der Waals surface area contributed by atoms with Crippen molar-refractivity contribution in [2.45, 2.75) is 51.7 Å². The van der Waals surface area contributed by atoms with E-state index >= 15 is 0 Å². The summed E-state index contributed by atoms with van der Waals surface area (Å²) in [4.78, 5) is 0. The lowest BCUT2D eigenvalue weighted by molar-refractivity contribution is 0.00578. The first kappa shape index (κ1) is 11.3. The van der Waals surface area contributed by atoms with Gasteiger partial charge in [-0.15, -0.1) is 0 Å². The molecule has 2 aliphatic rings. The van der Waals surface area contributed by atoms with Crippen molar-refractivity contribution in [3.8, 4) is 0 Å². The summed E-state index contributed by atoms with van der Waals surface area (Å²) in [6, 6.07) is 6.45. The summed E-state index contributed by atoms with van der Waals surface area (Å²) in [6.45, 7) is 8.40. The van der Waals surface area contributed by atoms with Crippen LogP contribution in [-0.2, 0) is 22.2 Å². The van der Waals surface area contributed by atoms with Crippen LogP contribution < -0.4 is 5.46 Å². The number of rotatable bonds is 1. The van der Waals surface area contributed by atoms with E-state index in [1.54, 1.807) is 0 Å². The molecule has 0 atom stereocenters. The molecule has 1 saturated heterocycles. The number of hydrogen-bond donors (Lipinski definition) is 0. The van der Waals surface area contributed by atoms with Crippen molar-refractivity contribution in [1.29, 1.82) is 0 Å². The fourth-order valence-electron chi connectivity index (χ4n) is 2.47. The lowest BCUT2D eigenvalue weighted by Crippen LogP contribution is -2.41. The van der Waals surface area contributed by atoms with E-state index in [-0.39, 0.29) is 18.3 Å². The average molecular weight is 230 g/mol. The van der Waals surface area contributed by atoms with Crippen LogP contribution in [0, 0.1) is 0 Å². The topological polar surface area (TPSA) is 18.5 Å². The van der Waals surface area contributed by atoms with Crippen LogP contribution in [-0.4, -0.2) is 18.3 Å². The molecule has 0 unspecified atom stereocenters. The minimum Gasteiger partial charge on any atom is -0.399 e. The molecule has 0 N–H and O–H groups in total. The SMILES string of the molecule is CC1(C)OB(c2cccc3c2CC3)OC1(C)C. The molecule has 17 heavy (non-hydrogen) atoms. The zero-order valence-corrected chi connectivity index (χ0v) is 11.0. The second-order valence-electron chi connectivity index (χ2n) is 6.07. The van der Waals surface area contributed by atoms with Gasteiger partial charge in [-0.25, -0.2) is 0 Å². The molecule has 90 valence electrons. The maximum Gasteiger partial charge on any atom is 0.495 e. The first-order valence-corrected chi connectivity index (χ1v) is 6.37. The molecule has 3 heteroatoms. The molecule has 0 radical (unpaired) electrons. The Balaban J connectivity index is 1.95. The standard InChI is InChI=1S/C14H19BO2/c1-13(2)14(3,4)17-15(16-13)12-7-5-6-10-8-9-11(10)12/h5-7H,8-9H2,1-4H3. The Hall–Kier alpha value is -0.795. The number of fused-ring (bicyclic) bond motifs is 1. The van der Waals surface area contributed by atoms with E-state index in [1.165, 1.54) is 23.0 Å². The van der Waals surface area contributed by atoms with Crippen LogP contribution in [0.2, 0.25) is 0 Å². The summed E-state index contributed by atoms with van der Waals surface area (Å²) in [5.41, 5.74) is 3.63. The normalized spacial score (nSPS) is 24.4. The van der Waals surface area contributed by atoms with Crippen molar-refractivity contribution in [2.24, 2.45) is 0 Å². The minimum atomic E-state index is -0.246. The molecule has 1 aromatic rings. The van der Waals surface area contributed by atoms with Crippen molar-refractivity contribution in [3.05, 3.63) is 29.3 Å². The highest BCUT2D eigenvalue weighted by Crippen LogP contribution is 2.37. The fraction of sp³-hybridized carbons (Fsp3) is 0.571. The van der Waals surface area contributed by atoms with Crippen molar-refractivity contribution in [3.63, 3.8) is 0 Å². The largest absolute Gasteiger partial charge is 0.495 e. The predicted octanol–water partition coefficient (Wildman–Crippen LogP) is 2.08. The molecular weight excluding hydrogens is 211 g/mol. The van der Waals surface area contributed by atoms with Crippen LogP contribution >= 0.6 is 0 Å². The van der Waals surface area contributed by atoms with Gasteiger partial charge in [0.1, 0.15) is 0 Å². The summed E-state index contributed by atoms with van der Waals surface area (Å²) < 4.78 is 12.2. The smallest absolute Gasteiger partial charge is 0.399 e. The first-order valence-electron chi connectivity index (χ1n) is 6.37. The first-order chi connectivity index (χ1) is 7.91. The van der Waals surface area contributed by atoms with Gasteiger partial charge in [0.15, 0.2) is 0 Å². The van der Waals surface area contributed by atoms with Crippen molar-refractivity contribution < 1.29 is 9.31 Å². The zero-order valence-electron chi connectivity index (χ0n) is 11.0. The number of benzene rings is 1. The highest BCUT2D eigenvalue weighted by molar-refractivity contribution is 6.62. The summed E-state index contributed by atoms with van der Waals surface area (Å²) >= 11 is 0. The molecule has 0 spiro atoms. The third kappa shape index (κ3) is 1.56. The van der Waals surface area contributed by atoms with E-state index in [0.29, 0.717) is 0 Å². The number of hydrogen-bond acceptors (Lipinski definition) is 2. The van der Waals surface area contributed by atoms with E-state index in [1.807, 2.05) is 0 Å². The Bertz CT molecular complexity index is 449. The second-order valence-corrected chi connectivity index (χ2v) is 6.07. The molecule has 0 bridgehead atoms. The summed E-state index contributed by atoms with van der Waals surface area (Å²) in [7, 11) is -0.199. The van der Waals surface area contributed by atoms with Crippen LogP contribution in [0.4, 0.5) is 0 Å². The highest BCUT2D eigenvalue weighted by atomic mass is 16.7. The van der Waals surface area contributed by atoms with Gasteiger partial charge in [-0.3, -0.25) is 0 Å². The lowest BCUT2D eigenvalue weighted by Gasteiger charge is -2.32. The molecule has 2 nitrogen and oxygen atoms in total. The summed E-state index contributed by atoms with van der Waals surface area (Å²) in [6.07, 6.45) is 2.36. The van der Waals surface area contributed by atoms with Crippen molar-refractivity contribution in [1.82, 2.24) is 0 Å². The van der Waals surface area contributed by atoms with E-state index in [2.05, 4.69) is 45.9 Å². The van der Waals surface area contributed by atoms with Gasteiger partial charge in [-0.2, -0.15) is 0 Å². The third-order valence-corrected chi connectivity index (χ3v) is 4.46. The van der Waals surface area contributed by atoms with Crippen LogP contribution in [0.15, 0.2) is 18.2 Å². The zero-order chi connectivity index (χ0) is 12.3. The molecule has 1 fully saturated rings. The van der Waals surface area contributed by atoms with Crippen LogP contribution in [0.3, 0.4) is 0 Å². The van der Waals surface area contributed by atoms with Gasteiger partial charge < -0.3 is 9.31 Å². The van der Waals surface area contributed by atoms with E-state index in [4.69, 9.17) is 9.31 Å². The van der Waals surface area contributed by atoms with Crippen molar-refractivity contribution in [2.75, 3.05) is 0 Å². The van der Waals surface area contributed by atoms with Crippen LogP contribution in [0.5, 0.6) is 0 Å². The molecule has 1 aliphatic carbocycles. The maximum absolute atomic E-state index is 6.10. The second kappa shape index (κ2) is 3.36. The van der Waals surface area contributed by atoms with Gasteiger partial charge in [-0.05, 0) is 57.1 Å². The Kier molecular flexibility index (Phi) is 2.24. The Labute approximate surface area is 103 Å². The predicted molar refractivity (Wildman–Crippen MR) is 69.6 cm³/mol. The van der Waals surface area contributed by atoms with Gasteiger partial charge in [0.05, 0.1) is 11.2 Å². The Morgan fingerprint density at radius 2 is 1.65 bits per heavy atom. The average Bonchev–Trinajstić information content (AvgIpc) is 2.38. The molecule has 0 amide bonds. The fourth-order valence-corrected chi connectivity index (χ4v) is 2.47. The quantitative estimate of drug-likeness (QED) is 0.687. The van der Waals surface area contributed by atoms with E-state index < -0.39 is 0 Å². The third-order valence-electron chi connectivity index (χ3n) is 4.46. The number of aryl methyl sites for hydroxylation is 1. The van der Waals surface area contributed by atoms with E-state index in [9.17, 15) is 0 Å². The monoisotopic (exact) mass is 230 g/mol. The van der Waals surface area contributed by atoms with Gasteiger partial charge in [0.2, 0.25) is 0 Å². The molecule has 1 aromatic carbocycles. The molecule has 1 aliphatic heterocycles. The molecule has 0 aromatic heterocycles. The van der Waals surface area contributed by atoms with Gasteiger partial charge in [-0.1, -0.05) is 18.2 Å². The minimum absolute atomic E-state index is 0.199. The van der Waals surface area contributed by atoms with Crippen molar-refractivity contribution >= 4 is 12.6 Å². The molecular formula is C14H19BO2. The molecule has 3 rings (SSSR count). The lowest BCUT2D eigenvalue weighted by atomic mass is 9.69. The van der Waals surface area contributed by atoms with Gasteiger partial charge in [0, 0.05) is 0 Å². The summed E-state index contributed by atoms with van der Waals surface area (Å²) in [5.74, 6) is 0. The van der Waals surface area contributed by atoms with Gasteiger partial charge >= 0.3 is 7.12 Å². The highest BCUT2D eigenvalue weighted by Gasteiger charge is 2.52. The van der Waals surface area contributed by atoms with Crippen LogP contribution in [0.1, 0.15) is 38.8 Å². The van der Waals surface area contributed by atoms with E-state index in [0.717, 1.165) is 6.42 Å². The Morgan fingerprint density at radius 1 is 1.00 bits per heavy atom. The Morgan fingerprint density at radius 3 is 2.18 bits per heavy atom.